The second kappa shape index (κ2) is 6.85. The van der Waals surface area contributed by atoms with Crippen molar-refractivity contribution in [3.05, 3.63) is 36.4 Å². The lowest BCUT2D eigenvalue weighted by Crippen LogP contribution is -2.25. The molecule has 0 aliphatic heterocycles. The Morgan fingerprint density at radius 3 is 2.65 bits per heavy atom. The molecule has 0 saturated heterocycles. The molecule has 0 heterocycles. The van der Waals surface area contributed by atoms with Gasteiger partial charge >= 0.3 is 0 Å². The van der Waals surface area contributed by atoms with Crippen LogP contribution in [0.1, 0.15) is 10.4 Å². The van der Waals surface area contributed by atoms with Crippen molar-refractivity contribution in [3.8, 4) is 11.5 Å². The Labute approximate surface area is 104 Å². The van der Waals surface area contributed by atoms with E-state index >= 15 is 0 Å². The molecule has 1 amide bonds. The minimum Gasteiger partial charge on any atom is -0.507 e. The summed E-state index contributed by atoms with van der Waals surface area (Å²) in [6, 6.07) is 4.20. The minimum atomic E-state index is -0.472. The molecule has 0 aromatic heterocycles. The van der Waals surface area contributed by atoms with Gasteiger partial charge in [0.05, 0.1) is 0 Å². The largest absolute Gasteiger partial charge is 0.507 e. The SMILES string of the molecule is C=CCSCCNC(=O)c1c(O)cccc1O. The lowest BCUT2D eigenvalue weighted by Gasteiger charge is -2.07. The average molecular weight is 253 g/mol. The van der Waals surface area contributed by atoms with Crippen molar-refractivity contribution < 1.29 is 15.0 Å². The van der Waals surface area contributed by atoms with Crippen LogP contribution in [0.4, 0.5) is 0 Å². The smallest absolute Gasteiger partial charge is 0.258 e. The van der Waals surface area contributed by atoms with E-state index < -0.39 is 5.91 Å². The molecule has 0 saturated carbocycles. The van der Waals surface area contributed by atoms with Crippen molar-refractivity contribution in [1.29, 1.82) is 0 Å². The highest BCUT2D eigenvalue weighted by atomic mass is 32.2. The first kappa shape index (κ1) is 13.4. The van der Waals surface area contributed by atoms with Gasteiger partial charge < -0.3 is 15.5 Å². The van der Waals surface area contributed by atoms with Crippen molar-refractivity contribution in [2.75, 3.05) is 18.1 Å². The van der Waals surface area contributed by atoms with Crippen molar-refractivity contribution in [1.82, 2.24) is 5.32 Å². The number of benzene rings is 1. The molecule has 92 valence electrons. The molecule has 3 N–H and O–H groups in total. The summed E-state index contributed by atoms with van der Waals surface area (Å²) in [6.45, 7) is 4.07. The predicted molar refractivity (Wildman–Crippen MR) is 69.6 cm³/mol. The monoisotopic (exact) mass is 253 g/mol. The third-order valence-corrected chi connectivity index (χ3v) is 2.98. The van der Waals surface area contributed by atoms with Crippen LogP contribution in [0, 0.1) is 0 Å². The molecular weight excluding hydrogens is 238 g/mol. The van der Waals surface area contributed by atoms with Gasteiger partial charge in [0.1, 0.15) is 17.1 Å². The number of amides is 1. The third kappa shape index (κ3) is 4.03. The maximum Gasteiger partial charge on any atom is 0.258 e. The number of thioether (sulfide) groups is 1. The molecule has 1 rings (SSSR count). The van der Waals surface area contributed by atoms with Crippen molar-refractivity contribution in [3.63, 3.8) is 0 Å². The van der Waals surface area contributed by atoms with Crippen LogP contribution < -0.4 is 5.32 Å². The second-order valence-corrected chi connectivity index (χ2v) is 4.44. The number of hydrogen-bond donors (Lipinski definition) is 3. The highest BCUT2D eigenvalue weighted by molar-refractivity contribution is 7.99. The molecule has 0 bridgehead atoms. The molecule has 0 spiro atoms. The molecule has 0 radical (unpaired) electrons. The Morgan fingerprint density at radius 1 is 1.41 bits per heavy atom. The van der Waals surface area contributed by atoms with Gasteiger partial charge in [-0.2, -0.15) is 11.8 Å². The first-order valence-corrected chi connectivity index (χ1v) is 6.30. The van der Waals surface area contributed by atoms with E-state index in [0.717, 1.165) is 11.5 Å². The van der Waals surface area contributed by atoms with E-state index in [0.29, 0.717) is 6.54 Å². The molecule has 1 aromatic rings. The van der Waals surface area contributed by atoms with Crippen molar-refractivity contribution in [2.45, 2.75) is 0 Å². The Balaban J connectivity index is 2.50. The Hall–Kier alpha value is -1.62. The number of aromatic hydroxyl groups is 2. The summed E-state index contributed by atoms with van der Waals surface area (Å²) in [5.74, 6) is 0.673. The van der Waals surface area contributed by atoms with E-state index in [-0.39, 0.29) is 17.1 Å². The maximum atomic E-state index is 11.7. The van der Waals surface area contributed by atoms with Gasteiger partial charge in [0.25, 0.3) is 5.91 Å². The van der Waals surface area contributed by atoms with Crippen LogP contribution in [0.3, 0.4) is 0 Å². The number of phenolic OH excluding ortho intramolecular Hbond substituents is 2. The zero-order valence-corrected chi connectivity index (χ0v) is 10.2. The first-order chi connectivity index (χ1) is 8.16. The maximum absolute atomic E-state index is 11.7. The normalized spacial score (nSPS) is 9.88. The van der Waals surface area contributed by atoms with Crippen LogP contribution in [-0.4, -0.2) is 34.2 Å². The average Bonchev–Trinajstić information content (AvgIpc) is 2.28. The van der Waals surface area contributed by atoms with Gasteiger partial charge in [-0.15, -0.1) is 6.58 Å². The lowest BCUT2D eigenvalue weighted by molar-refractivity contribution is 0.0950. The van der Waals surface area contributed by atoms with Crippen LogP contribution in [-0.2, 0) is 0 Å². The zero-order valence-electron chi connectivity index (χ0n) is 9.35. The van der Waals surface area contributed by atoms with E-state index in [2.05, 4.69) is 11.9 Å². The van der Waals surface area contributed by atoms with Gasteiger partial charge in [-0.1, -0.05) is 12.1 Å². The number of carbonyl (C=O) groups is 1. The van der Waals surface area contributed by atoms with Gasteiger partial charge in [-0.05, 0) is 12.1 Å². The fourth-order valence-electron chi connectivity index (χ4n) is 1.25. The van der Waals surface area contributed by atoms with Crippen LogP contribution >= 0.6 is 11.8 Å². The van der Waals surface area contributed by atoms with E-state index in [1.54, 1.807) is 17.8 Å². The van der Waals surface area contributed by atoms with Gasteiger partial charge in [-0.25, -0.2) is 0 Å². The van der Waals surface area contributed by atoms with E-state index in [9.17, 15) is 15.0 Å². The highest BCUT2D eigenvalue weighted by Gasteiger charge is 2.14. The minimum absolute atomic E-state index is 0.0822. The van der Waals surface area contributed by atoms with Crippen molar-refractivity contribution >= 4 is 17.7 Å². The van der Waals surface area contributed by atoms with Gasteiger partial charge in [0.15, 0.2) is 0 Å². The Morgan fingerprint density at radius 2 is 2.06 bits per heavy atom. The summed E-state index contributed by atoms with van der Waals surface area (Å²) in [7, 11) is 0. The van der Waals surface area contributed by atoms with Crippen LogP contribution in [0.15, 0.2) is 30.9 Å². The summed E-state index contributed by atoms with van der Waals surface area (Å²) < 4.78 is 0. The number of phenols is 2. The first-order valence-electron chi connectivity index (χ1n) is 5.14. The molecule has 1 aromatic carbocycles. The molecule has 0 fully saturated rings. The van der Waals surface area contributed by atoms with E-state index in [1.807, 2.05) is 0 Å². The summed E-state index contributed by atoms with van der Waals surface area (Å²) in [4.78, 5) is 11.7. The fraction of sp³-hybridized carbons (Fsp3) is 0.250. The summed E-state index contributed by atoms with van der Waals surface area (Å²) in [6.07, 6.45) is 1.79. The molecular formula is C12H15NO3S. The number of nitrogens with one attached hydrogen (secondary N) is 1. The molecule has 4 nitrogen and oxygen atoms in total. The molecule has 5 heteroatoms. The number of carbonyl (C=O) groups excluding carboxylic acids is 1. The van der Waals surface area contributed by atoms with Crippen molar-refractivity contribution in [2.24, 2.45) is 0 Å². The third-order valence-electron chi connectivity index (χ3n) is 2.02. The summed E-state index contributed by atoms with van der Waals surface area (Å²) in [5, 5.41) is 21.6. The zero-order chi connectivity index (χ0) is 12.7. The standard InChI is InChI=1S/C12H15NO3S/c1-2-7-17-8-6-13-12(16)11-9(14)4-3-5-10(11)15/h2-5,14-15H,1,6-8H2,(H,13,16). The molecule has 0 unspecified atom stereocenters. The molecule has 17 heavy (non-hydrogen) atoms. The Kier molecular flexibility index (Phi) is 5.42. The lowest BCUT2D eigenvalue weighted by atomic mass is 10.1. The Bertz CT molecular complexity index is 386. The number of rotatable bonds is 6. The van der Waals surface area contributed by atoms with Gasteiger partial charge in [0.2, 0.25) is 0 Å². The number of hydrogen-bond acceptors (Lipinski definition) is 4. The van der Waals surface area contributed by atoms with Crippen LogP contribution in [0.2, 0.25) is 0 Å². The van der Waals surface area contributed by atoms with Crippen LogP contribution in [0.5, 0.6) is 11.5 Å². The van der Waals surface area contributed by atoms with E-state index in [4.69, 9.17) is 0 Å². The fourth-order valence-corrected chi connectivity index (χ4v) is 1.83. The van der Waals surface area contributed by atoms with Gasteiger partial charge in [-0.3, -0.25) is 4.79 Å². The molecule has 0 atom stereocenters. The topological polar surface area (TPSA) is 69.6 Å². The van der Waals surface area contributed by atoms with Crippen LogP contribution in [0.25, 0.3) is 0 Å². The second-order valence-electron chi connectivity index (χ2n) is 3.29. The predicted octanol–water partition coefficient (Wildman–Crippen LogP) is 1.75. The summed E-state index contributed by atoms with van der Waals surface area (Å²) in [5.41, 5.74) is -0.0822. The highest BCUT2D eigenvalue weighted by Crippen LogP contribution is 2.25. The van der Waals surface area contributed by atoms with E-state index in [1.165, 1.54) is 18.2 Å². The molecule has 0 aliphatic rings. The molecule has 0 aliphatic carbocycles. The summed E-state index contributed by atoms with van der Waals surface area (Å²) >= 11 is 1.64. The van der Waals surface area contributed by atoms with Gasteiger partial charge in [0, 0.05) is 18.1 Å². The quantitative estimate of drug-likeness (QED) is 0.533.